The van der Waals surface area contributed by atoms with E-state index in [0.29, 0.717) is 17.1 Å². The van der Waals surface area contributed by atoms with E-state index in [-0.39, 0.29) is 28.1 Å². The van der Waals surface area contributed by atoms with Crippen molar-refractivity contribution in [3.8, 4) is 5.75 Å². The van der Waals surface area contributed by atoms with E-state index in [4.69, 9.17) is 13.7 Å². The van der Waals surface area contributed by atoms with Gasteiger partial charge in [0.15, 0.2) is 11.2 Å². The van der Waals surface area contributed by atoms with E-state index in [0.717, 1.165) is 6.07 Å². The van der Waals surface area contributed by atoms with Gasteiger partial charge in [0.05, 0.1) is 18.1 Å². The smallest absolute Gasteiger partial charge is 0.296 e. The van der Waals surface area contributed by atoms with Gasteiger partial charge in [-0.25, -0.2) is 4.39 Å². The van der Waals surface area contributed by atoms with Gasteiger partial charge in [0.25, 0.3) is 5.91 Å². The number of aromatic nitrogens is 1. The number of halogens is 1. The van der Waals surface area contributed by atoms with Gasteiger partial charge in [0.2, 0.25) is 5.76 Å². The number of amides is 1. The third-order valence-corrected chi connectivity index (χ3v) is 5.13. The zero-order chi connectivity index (χ0) is 21.0. The van der Waals surface area contributed by atoms with Crippen molar-refractivity contribution in [2.45, 2.75) is 13.0 Å². The number of benzene rings is 2. The molecular weight excluding hydrogens is 391 g/mol. The lowest BCUT2D eigenvalue weighted by Crippen LogP contribution is -2.30. The Morgan fingerprint density at radius 3 is 2.67 bits per heavy atom. The van der Waals surface area contributed by atoms with Gasteiger partial charge in [-0.1, -0.05) is 23.4 Å². The van der Waals surface area contributed by atoms with E-state index in [1.54, 1.807) is 37.3 Å². The molecule has 1 atom stereocenters. The quantitative estimate of drug-likeness (QED) is 0.511. The molecule has 3 heterocycles. The largest absolute Gasteiger partial charge is 0.496 e. The topological polar surface area (TPSA) is 85.8 Å². The molecule has 7 nitrogen and oxygen atoms in total. The van der Waals surface area contributed by atoms with Crippen molar-refractivity contribution in [2.24, 2.45) is 0 Å². The number of ether oxygens (including phenoxy) is 1. The second kappa shape index (κ2) is 6.55. The molecule has 1 amide bonds. The fraction of sp³-hybridized carbons (Fsp3) is 0.136. The maximum absolute atomic E-state index is 13.8. The molecule has 2 aromatic heterocycles. The van der Waals surface area contributed by atoms with Gasteiger partial charge in [-0.2, -0.15) is 0 Å². The molecule has 150 valence electrons. The number of fused-ring (bicyclic) bond motifs is 2. The summed E-state index contributed by atoms with van der Waals surface area (Å²) in [5.41, 5.74) is 0.308. The molecule has 1 aliphatic rings. The van der Waals surface area contributed by atoms with Crippen LogP contribution in [-0.2, 0) is 0 Å². The molecule has 0 fully saturated rings. The van der Waals surface area contributed by atoms with Crippen LogP contribution in [0.15, 0.2) is 62.3 Å². The molecule has 1 unspecified atom stereocenters. The van der Waals surface area contributed by atoms with Gasteiger partial charge in [-0.15, -0.1) is 0 Å². The van der Waals surface area contributed by atoms with Crippen LogP contribution in [0.3, 0.4) is 0 Å². The number of hydrogen-bond donors (Lipinski definition) is 0. The van der Waals surface area contributed by atoms with Crippen molar-refractivity contribution in [2.75, 3.05) is 12.0 Å². The number of rotatable bonds is 3. The van der Waals surface area contributed by atoms with Crippen LogP contribution < -0.4 is 15.1 Å². The van der Waals surface area contributed by atoms with Crippen LogP contribution in [-0.4, -0.2) is 18.2 Å². The van der Waals surface area contributed by atoms with Crippen molar-refractivity contribution >= 4 is 22.7 Å². The number of methoxy groups -OCH3 is 1. The highest BCUT2D eigenvalue weighted by Crippen LogP contribution is 2.43. The number of para-hydroxylation sites is 1. The van der Waals surface area contributed by atoms with Gasteiger partial charge < -0.3 is 13.7 Å². The molecule has 1 aliphatic heterocycles. The number of carbonyl (C=O) groups is 1. The van der Waals surface area contributed by atoms with Crippen LogP contribution in [0.25, 0.3) is 11.0 Å². The van der Waals surface area contributed by atoms with Crippen LogP contribution in [0.5, 0.6) is 5.75 Å². The minimum absolute atomic E-state index is 0.0552. The van der Waals surface area contributed by atoms with Crippen LogP contribution in [0.4, 0.5) is 10.2 Å². The molecule has 0 aliphatic carbocycles. The molecule has 2 aromatic carbocycles. The van der Waals surface area contributed by atoms with E-state index in [1.165, 1.54) is 24.1 Å². The first-order valence-electron chi connectivity index (χ1n) is 9.15. The summed E-state index contributed by atoms with van der Waals surface area (Å²) in [7, 11) is 1.50. The minimum Gasteiger partial charge on any atom is -0.496 e. The summed E-state index contributed by atoms with van der Waals surface area (Å²) in [6, 6.07) is 11.4. The van der Waals surface area contributed by atoms with Crippen LogP contribution in [0, 0.1) is 12.7 Å². The average molecular weight is 406 g/mol. The third-order valence-electron chi connectivity index (χ3n) is 5.13. The average Bonchev–Trinajstić information content (AvgIpc) is 3.29. The summed E-state index contributed by atoms with van der Waals surface area (Å²) in [6.45, 7) is 1.70. The standard InChI is InChI=1S/C22H15FN2O5/c1-11-9-17(24-30-11)25-19(13-5-3-4-6-15(13)28-2)18-20(26)14-10-12(23)7-8-16(14)29-21(18)22(25)27/h3-10,19H,1-2H3. The summed E-state index contributed by atoms with van der Waals surface area (Å²) in [5.74, 6) is -0.0225. The predicted octanol–water partition coefficient (Wildman–Crippen LogP) is 3.99. The first-order chi connectivity index (χ1) is 14.5. The fourth-order valence-corrected chi connectivity index (χ4v) is 3.83. The minimum atomic E-state index is -0.878. The monoisotopic (exact) mass is 406 g/mol. The zero-order valence-electron chi connectivity index (χ0n) is 16.0. The molecular formula is C22H15FN2O5. The van der Waals surface area contributed by atoms with Gasteiger partial charge in [0.1, 0.15) is 29.0 Å². The molecule has 0 saturated heterocycles. The lowest BCUT2D eigenvalue weighted by atomic mass is 9.97. The number of nitrogens with zero attached hydrogens (tertiary/aromatic N) is 2. The first kappa shape index (κ1) is 18.1. The fourth-order valence-electron chi connectivity index (χ4n) is 3.83. The van der Waals surface area contributed by atoms with Crippen molar-refractivity contribution in [3.05, 3.63) is 87.2 Å². The van der Waals surface area contributed by atoms with E-state index in [2.05, 4.69) is 5.16 Å². The Labute approximate surface area is 169 Å². The lowest BCUT2D eigenvalue weighted by molar-refractivity contribution is 0.0969. The molecule has 5 rings (SSSR count). The van der Waals surface area contributed by atoms with Crippen LogP contribution >= 0.6 is 0 Å². The second-order valence-electron chi connectivity index (χ2n) is 6.93. The van der Waals surface area contributed by atoms with Crippen LogP contribution in [0.1, 0.15) is 33.5 Å². The number of hydrogen-bond acceptors (Lipinski definition) is 6. The van der Waals surface area contributed by atoms with Crippen molar-refractivity contribution < 1.29 is 22.9 Å². The predicted molar refractivity (Wildman–Crippen MR) is 105 cm³/mol. The van der Waals surface area contributed by atoms with Gasteiger partial charge in [-0.3, -0.25) is 14.5 Å². The Bertz CT molecular complexity index is 1370. The SMILES string of the molecule is COc1ccccc1C1c2c(oc3ccc(F)cc3c2=O)C(=O)N1c1cc(C)on1. The van der Waals surface area contributed by atoms with Crippen LogP contribution in [0.2, 0.25) is 0 Å². The van der Waals surface area contributed by atoms with Crippen molar-refractivity contribution in [1.29, 1.82) is 0 Å². The number of anilines is 1. The van der Waals surface area contributed by atoms with E-state index >= 15 is 0 Å². The van der Waals surface area contributed by atoms with Gasteiger partial charge in [0, 0.05) is 11.6 Å². The third kappa shape index (κ3) is 2.53. The number of carbonyl (C=O) groups excluding carboxylic acids is 1. The molecule has 4 aromatic rings. The summed E-state index contributed by atoms with van der Waals surface area (Å²) >= 11 is 0. The van der Waals surface area contributed by atoms with E-state index in [1.807, 2.05) is 0 Å². The maximum atomic E-state index is 13.8. The molecule has 0 radical (unpaired) electrons. The van der Waals surface area contributed by atoms with E-state index in [9.17, 15) is 14.0 Å². The molecule has 0 spiro atoms. The Morgan fingerprint density at radius 1 is 1.13 bits per heavy atom. The summed E-state index contributed by atoms with van der Waals surface area (Å²) in [6.07, 6.45) is 0. The Morgan fingerprint density at radius 2 is 1.93 bits per heavy atom. The second-order valence-corrected chi connectivity index (χ2v) is 6.93. The summed E-state index contributed by atoms with van der Waals surface area (Å²) in [5, 5.41) is 4.02. The summed E-state index contributed by atoms with van der Waals surface area (Å²) in [4.78, 5) is 28.1. The Kier molecular flexibility index (Phi) is 3.95. The lowest BCUT2D eigenvalue weighted by Gasteiger charge is -2.23. The van der Waals surface area contributed by atoms with Crippen molar-refractivity contribution in [1.82, 2.24) is 5.16 Å². The van der Waals surface area contributed by atoms with Crippen molar-refractivity contribution in [3.63, 3.8) is 0 Å². The van der Waals surface area contributed by atoms with Gasteiger partial charge in [-0.05, 0) is 31.2 Å². The maximum Gasteiger partial charge on any atom is 0.296 e. The first-order valence-corrected chi connectivity index (χ1v) is 9.15. The summed E-state index contributed by atoms with van der Waals surface area (Å²) < 4.78 is 30.2. The van der Waals surface area contributed by atoms with E-state index < -0.39 is 23.2 Å². The highest BCUT2D eigenvalue weighted by Gasteiger charge is 2.45. The molecule has 0 saturated carbocycles. The highest BCUT2D eigenvalue weighted by molar-refractivity contribution is 6.10. The Balaban J connectivity index is 1.86. The number of aryl methyl sites for hydroxylation is 1. The Hall–Kier alpha value is -3.94. The highest BCUT2D eigenvalue weighted by atomic mass is 19.1. The molecule has 0 N–H and O–H groups in total. The molecule has 0 bridgehead atoms. The molecule has 8 heteroatoms. The normalized spacial score (nSPS) is 15.6. The molecule has 30 heavy (non-hydrogen) atoms. The zero-order valence-corrected chi connectivity index (χ0v) is 16.0. The van der Waals surface area contributed by atoms with Gasteiger partial charge >= 0.3 is 0 Å².